The Bertz CT molecular complexity index is 418. The van der Waals surface area contributed by atoms with E-state index < -0.39 is 0 Å². The summed E-state index contributed by atoms with van der Waals surface area (Å²) < 4.78 is 5.31. The molecule has 0 aromatic heterocycles. The largest absolute Gasteiger partial charge is 0.371 e. The maximum Gasteiger partial charge on any atom is 0.0898 e. The zero-order valence-electron chi connectivity index (χ0n) is 7.16. The lowest BCUT2D eigenvalue weighted by atomic mass is 10.0. The Labute approximate surface area is 76.6 Å². The molecule has 0 unspecified atom stereocenters. The lowest BCUT2D eigenvalue weighted by Gasteiger charge is -2.10. The van der Waals surface area contributed by atoms with Crippen LogP contribution in [0, 0.1) is 0 Å². The van der Waals surface area contributed by atoms with Gasteiger partial charge in [0.05, 0.1) is 24.6 Å². The van der Waals surface area contributed by atoms with E-state index in [1.807, 2.05) is 18.2 Å². The van der Waals surface area contributed by atoms with Gasteiger partial charge in [-0.3, -0.25) is 0 Å². The summed E-state index contributed by atoms with van der Waals surface area (Å²) in [6.07, 6.45) is 2.11. The van der Waals surface area contributed by atoms with Crippen molar-refractivity contribution in [1.29, 1.82) is 0 Å². The molecule has 0 spiro atoms. The smallest absolute Gasteiger partial charge is 0.0898 e. The molecule has 2 heterocycles. The number of fused-ring (bicyclic) bond motifs is 3. The van der Waals surface area contributed by atoms with Gasteiger partial charge >= 0.3 is 0 Å². The van der Waals surface area contributed by atoms with E-state index in [1.54, 1.807) is 0 Å². The maximum absolute atomic E-state index is 5.31. The van der Waals surface area contributed by atoms with Crippen molar-refractivity contribution in [2.24, 2.45) is 4.99 Å². The van der Waals surface area contributed by atoms with Crippen molar-refractivity contribution in [3.8, 4) is 0 Å². The van der Waals surface area contributed by atoms with Crippen LogP contribution in [0.25, 0.3) is 5.57 Å². The molecule has 2 aliphatic heterocycles. The van der Waals surface area contributed by atoms with Crippen molar-refractivity contribution >= 4 is 17.0 Å². The van der Waals surface area contributed by atoms with Gasteiger partial charge in [-0.15, -0.1) is 0 Å². The van der Waals surface area contributed by atoms with Crippen LogP contribution in [0.1, 0.15) is 5.56 Å². The van der Waals surface area contributed by atoms with Gasteiger partial charge in [0, 0.05) is 11.1 Å². The SMILES string of the molecule is C1=C2C(=Nc3ccccc32)COC1. The van der Waals surface area contributed by atoms with Crippen LogP contribution in [0.15, 0.2) is 35.3 Å². The Hall–Kier alpha value is -1.41. The van der Waals surface area contributed by atoms with Gasteiger partial charge in [0.15, 0.2) is 0 Å². The highest BCUT2D eigenvalue weighted by Gasteiger charge is 2.21. The molecule has 2 heteroatoms. The molecule has 0 saturated carbocycles. The first kappa shape index (κ1) is 7.04. The summed E-state index contributed by atoms with van der Waals surface area (Å²) in [5, 5.41) is 0. The average Bonchev–Trinajstić information content (AvgIpc) is 2.56. The van der Waals surface area contributed by atoms with Crippen molar-refractivity contribution in [2.45, 2.75) is 0 Å². The second-order valence-corrected chi connectivity index (χ2v) is 3.21. The minimum atomic E-state index is 0.653. The standard InChI is InChI=1S/C11H9NO/c1-2-4-10-8(3-1)9-5-6-13-7-11(9)12-10/h1-5H,6-7H2. The van der Waals surface area contributed by atoms with Gasteiger partial charge in [0.2, 0.25) is 0 Å². The van der Waals surface area contributed by atoms with Gasteiger partial charge in [-0.1, -0.05) is 18.2 Å². The molecule has 3 rings (SSSR count). The second kappa shape index (κ2) is 2.54. The van der Waals surface area contributed by atoms with Gasteiger partial charge in [-0.05, 0) is 12.1 Å². The first-order chi connectivity index (χ1) is 6.45. The molecule has 1 aromatic rings. The third-order valence-electron chi connectivity index (χ3n) is 2.40. The zero-order chi connectivity index (χ0) is 8.67. The van der Waals surface area contributed by atoms with Gasteiger partial charge in [0.1, 0.15) is 0 Å². The summed E-state index contributed by atoms with van der Waals surface area (Å²) in [7, 11) is 0. The van der Waals surface area contributed by atoms with E-state index in [0.29, 0.717) is 13.2 Å². The van der Waals surface area contributed by atoms with Gasteiger partial charge < -0.3 is 4.74 Å². The fourth-order valence-corrected chi connectivity index (χ4v) is 1.80. The second-order valence-electron chi connectivity index (χ2n) is 3.21. The average molecular weight is 171 g/mol. The molecule has 13 heavy (non-hydrogen) atoms. The Balaban J connectivity index is 2.23. The number of benzene rings is 1. The van der Waals surface area contributed by atoms with E-state index in [1.165, 1.54) is 11.1 Å². The Morgan fingerprint density at radius 3 is 3.15 bits per heavy atom. The molecule has 2 aliphatic rings. The third-order valence-corrected chi connectivity index (χ3v) is 2.40. The highest BCUT2D eigenvalue weighted by atomic mass is 16.5. The number of hydrogen-bond donors (Lipinski definition) is 0. The molecule has 0 saturated heterocycles. The zero-order valence-corrected chi connectivity index (χ0v) is 7.16. The number of para-hydroxylation sites is 1. The van der Waals surface area contributed by atoms with Gasteiger partial charge in [-0.25, -0.2) is 4.99 Å². The number of nitrogens with zero attached hydrogens (tertiary/aromatic N) is 1. The fraction of sp³-hybridized carbons (Fsp3) is 0.182. The summed E-state index contributed by atoms with van der Waals surface area (Å²) in [5.74, 6) is 0. The lowest BCUT2D eigenvalue weighted by Crippen LogP contribution is -2.13. The number of rotatable bonds is 0. The van der Waals surface area contributed by atoms with Crippen LogP contribution in [0.4, 0.5) is 5.69 Å². The molecule has 2 nitrogen and oxygen atoms in total. The Morgan fingerprint density at radius 2 is 2.15 bits per heavy atom. The summed E-state index contributed by atoms with van der Waals surface area (Å²) in [6.45, 7) is 1.36. The highest BCUT2D eigenvalue weighted by molar-refractivity contribution is 6.29. The highest BCUT2D eigenvalue weighted by Crippen LogP contribution is 2.35. The van der Waals surface area contributed by atoms with E-state index in [9.17, 15) is 0 Å². The van der Waals surface area contributed by atoms with Crippen molar-refractivity contribution in [2.75, 3.05) is 13.2 Å². The van der Waals surface area contributed by atoms with Crippen molar-refractivity contribution < 1.29 is 4.74 Å². The Morgan fingerprint density at radius 1 is 1.23 bits per heavy atom. The van der Waals surface area contributed by atoms with Crippen LogP contribution in [0.5, 0.6) is 0 Å². The van der Waals surface area contributed by atoms with E-state index >= 15 is 0 Å². The monoisotopic (exact) mass is 171 g/mol. The number of aliphatic imine (C=N–C) groups is 1. The quantitative estimate of drug-likeness (QED) is 0.586. The summed E-state index contributed by atoms with van der Waals surface area (Å²) in [6, 6.07) is 8.22. The molecule has 1 aromatic carbocycles. The molecule has 0 N–H and O–H groups in total. The molecule has 0 fully saturated rings. The van der Waals surface area contributed by atoms with E-state index in [0.717, 1.165) is 11.4 Å². The summed E-state index contributed by atoms with van der Waals surface area (Å²) in [4.78, 5) is 4.50. The first-order valence-electron chi connectivity index (χ1n) is 4.40. The normalized spacial score (nSPS) is 18.8. The van der Waals surface area contributed by atoms with E-state index in [4.69, 9.17) is 4.74 Å². The molecular formula is C11H9NO. The van der Waals surface area contributed by atoms with Crippen LogP contribution in [-0.4, -0.2) is 18.9 Å². The summed E-state index contributed by atoms with van der Waals surface area (Å²) in [5.41, 5.74) is 4.67. The van der Waals surface area contributed by atoms with Crippen LogP contribution in [-0.2, 0) is 4.74 Å². The van der Waals surface area contributed by atoms with Crippen LogP contribution < -0.4 is 0 Å². The first-order valence-corrected chi connectivity index (χ1v) is 4.40. The van der Waals surface area contributed by atoms with Gasteiger partial charge in [0.25, 0.3) is 0 Å². The Kier molecular flexibility index (Phi) is 1.37. The molecule has 0 aliphatic carbocycles. The van der Waals surface area contributed by atoms with Crippen molar-refractivity contribution in [3.63, 3.8) is 0 Å². The van der Waals surface area contributed by atoms with Gasteiger partial charge in [-0.2, -0.15) is 0 Å². The molecular weight excluding hydrogens is 162 g/mol. The predicted molar refractivity (Wildman–Crippen MR) is 52.3 cm³/mol. The van der Waals surface area contributed by atoms with Crippen molar-refractivity contribution in [1.82, 2.24) is 0 Å². The van der Waals surface area contributed by atoms with E-state index in [-0.39, 0.29) is 0 Å². The molecule has 0 amide bonds. The molecule has 64 valence electrons. The minimum Gasteiger partial charge on any atom is -0.371 e. The fourth-order valence-electron chi connectivity index (χ4n) is 1.80. The topological polar surface area (TPSA) is 21.6 Å². The molecule has 0 atom stereocenters. The maximum atomic E-state index is 5.31. The third kappa shape index (κ3) is 0.956. The lowest BCUT2D eigenvalue weighted by molar-refractivity contribution is 0.202. The molecule has 0 bridgehead atoms. The minimum absolute atomic E-state index is 0.653. The number of ether oxygens (including phenoxy) is 1. The van der Waals surface area contributed by atoms with Crippen molar-refractivity contribution in [3.05, 3.63) is 35.9 Å². The van der Waals surface area contributed by atoms with Crippen LogP contribution in [0.3, 0.4) is 0 Å². The van der Waals surface area contributed by atoms with E-state index in [2.05, 4.69) is 17.1 Å². The molecule has 0 radical (unpaired) electrons. The predicted octanol–water partition coefficient (Wildman–Crippen LogP) is 2.19. The van der Waals surface area contributed by atoms with Crippen LogP contribution in [0.2, 0.25) is 0 Å². The van der Waals surface area contributed by atoms with Crippen LogP contribution >= 0.6 is 0 Å². The summed E-state index contributed by atoms with van der Waals surface area (Å²) >= 11 is 0. The number of hydrogen-bond acceptors (Lipinski definition) is 2.